The van der Waals surface area contributed by atoms with Crippen LogP contribution >= 0.6 is 0 Å². The average Bonchev–Trinajstić information content (AvgIpc) is 2.47. The summed E-state index contributed by atoms with van der Waals surface area (Å²) in [5.41, 5.74) is 1.03. The summed E-state index contributed by atoms with van der Waals surface area (Å²) in [5, 5.41) is 6.42. The van der Waals surface area contributed by atoms with Crippen LogP contribution in [0.3, 0.4) is 0 Å². The molecule has 0 bridgehead atoms. The molecule has 0 radical (unpaired) electrons. The van der Waals surface area contributed by atoms with E-state index in [9.17, 15) is 4.79 Å². The quantitative estimate of drug-likeness (QED) is 0.839. The number of carbonyl (C=O) groups is 1. The van der Waals surface area contributed by atoms with Gasteiger partial charge in [0.15, 0.2) is 0 Å². The van der Waals surface area contributed by atoms with E-state index in [0.29, 0.717) is 12.6 Å². The van der Waals surface area contributed by atoms with E-state index in [-0.39, 0.29) is 5.91 Å². The third kappa shape index (κ3) is 5.34. The van der Waals surface area contributed by atoms with Gasteiger partial charge in [0, 0.05) is 31.4 Å². The molecule has 1 fully saturated rings. The van der Waals surface area contributed by atoms with Crippen molar-refractivity contribution in [3.05, 3.63) is 23.9 Å². The molecule has 1 aromatic heterocycles. The Morgan fingerprint density at radius 1 is 1.38 bits per heavy atom. The number of aromatic nitrogens is 1. The van der Waals surface area contributed by atoms with Gasteiger partial charge in [-0.25, -0.2) is 4.98 Å². The number of hydrogen-bond donors (Lipinski definition) is 2. The number of hydrogen-bond acceptors (Lipinski definition) is 4. The predicted octanol–water partition coefficient (Wildman–Crippen LogP) is 1.79. The normalized spacial score (nSPS) is 16.7. The van der Waals surface area contributed by atoms with Crippen LogP contribution in [0, 0.1) is 6.92 Å². The summed E-state index contributed by atoms with van der Waals surface area (Å²) in [5.74, 6) is 1.10. The molecule has 1 aliphatic heterocycles. The minimum absolute atomic E-state index is 0.142. The zero-order valence-electron chi connectivity index (χ0n) is 13.1. The van der Waals surface area contributed by atoms with Gasteiger partial charge in [0.05, 0.1) is 6.54 Å². The highest BCUT2D eigenvalue weighted by atomic mass is 16.2. The minimum Gasteiger partial charge on any atom is -0.367 e. The number of likely N-dealkylation sites (tertiary alicyclic amines) is 1. The van der Waals surface area contributed by atoms with Crippen molar-refractivity contribution in [2.45, 2.75) is 39.2 Å². The standard InChI is InChI=1S/C16H26N4O/c1-3-9-17-16(21)12-20-10-7-14(8-11-20)19-15-6-4-5-13(2)18-15/h4-6,14H,3,7-12H2,1-2H3,(H,17,21)(H,18,19). The Hall–Kier alpha value is -1.62. The van der Waals surface area contributed by atoms with Crippen molar-refractivity contribution in [2.75, 3.05) is 31.5 Å². The lowest BCUT2D eigenvalue weighted by Gasteiger charge is -2.32. The molecule has 1 aliphatic rings. The van der Waals surface area contributed by atoms with E-state index in [1.165, 1.54) is 0 Å². The van der Waals surface area contributed by atoms with Crippen LogP contribution in [0.1, 0.15) is 31.9 Å². The molecule has 5 nitrogen and oxygen atoms in total. The number of aryl methyl sites for hydroxylation is 1. The van der Waals surface area contributed by atoms with Crippen molar-refractivity contribution in [3.8, 4) is 0 Å². The largest absolute Gasteiger partial charge is 0.367 e. The summed E-state index contributed by atoms with van der Waals surface area (Å²) < 4.78 is 0. The average molecular weight is 290 g/mol. The summed E-state index contributed by atoms with van der Waals surface area (Å²) in [6, 6.07) is 6.49. The number of nitrogens with zero attached hydrogens (tertiary/aromatic N) is 2. The highest BCUT2D eigenvalue weighted by Gasteiger charge is 2.20. The molecule has 1 amide bonds. The Morgan fingerprint density at radius 2 is 2.14 bits per heavy atom. The maximum absolute atomic E-state index is 11.7. The van der Waals surface area contributed by atoms with Gasteiger partial charge >= 0.3 is 0 Å². The van der Waals surface area contributed by atoms with Crippen LogP contribution in [0.15, 0.2) is 18.2 Å². The molecule has 0 unspecified atom stereocenters. The van der Waals surface area contributed by atoms with E-state index in [2.05, 4.69) is 27.4 Å². The fraction of sp³-hybridized carbons (Fsp3) is 0.625. The molecule has 1 saturated heterocycles. The van der Waals surface area contributed by atoms with Crippen LogP contribution in [0.2, 0.25) is 0 Å². The molecule has 0 spiro atoms. The molecular weight excluding hydrogens is 264 g/mol. The Morgan fingerprint density at radius 3 is 2.81 bits per heavy atom. The first-order valence-corrected chi connectivity index (χ1v) is 7.86. The molecule has 0 aliphatic carbocycles. The number of amides is 1. The second kappa shape index (κ2) is 7.98. The zero-order chi connectivity index (χ0) is 15.1. The summed E-state index contributed by atoms with van der Waals surface area (Å²) in [4.78, 5) is 18.4. The van der Waals surface area contributed by atoms with Crippen LogP contribution in [0.5, 0.6) is 0 Å². The highest BCUT2D eigenvalue weighted by Crippen LogP contribution is 2.15. The van der Waals surface area contributed by atoms with Gasteiger partial charge in [-0.15, -0.1) is 0 Å². The zero-order valence-corrected chi connectivity index (χ0v) is 13.1. The predicted molar refractivity (Wildman–Crippen MR) is 85.4 cm³/mol. The van der Waals surface area contributed by atoms with Crippen LogP contribution in [-0.2, 0) is 4.79 Å². The number of nitrogens with one attached hydrogen (secondary N) is 2. The Labute approximate surface area is 127 Å². The molecule has 5 heteroatoms. The Kier molecular flexibility index (Phi) is 5.99. The lowest BCUT2D eigenvalue weighted by atomic mass is 10.1. The van der Waals surface area contributed by atoms with Crippen molar-refractivity contribution in [1.82, 2.24) is 15.2 Å². The molecule has 2 heterocycles. The second-order valence-electron chi connectivity index (χ2n) is 5.71. The van der Waals surface area contributed by atoms with Crippen molar-refractivity contribution >= 4 is 11.7 Å². The summed E-state index contributed by atoms with van der Waals surface area (Å²) >= 11 is 0. The Bertz CT molecular complexity index is 455. The van der Waals surface area contributed by atoms with E-state index >= 15 is 0 Å². The lowest BCUT2D eigenvalue weighted by molar-refractivity contribution is -0.122. The van der Waals surface area contributed by atoms with E-state index in [0.717, 1.165) is 50.4 Å². The van der Waals surface area contributed by atoms with Gasteiger partial charge in [-0.1, -0.05) is 13.0 Å². The molecule has 0 saturated carbocycles. The molecule has 0 atom stereocenters. The summed E-state index contributed by atoms with van der Waals surface area (Å²) in [6.45, 7) is 7.29. The molecular formula is C16H26N4O. The minimum atomic E-state index is 0.142. The van der Waals surface area contributed by atoms with E-state index in [1.54, 1.807) is 0 Å². The van der Waals surface area contributed by atoms with Crippen molar-refractivity contribution < 1.29 is 4.79 Å². The van der Waals surface area contributed by atoms with Gasteiger partial charge in [0.2, 0.25) is 5.91 Å². The van der Waals surface area contributed by atoms with Gasteiger partial charge in [-0.2, -0.15) is 0 Å². The first kappa shape index (κ1) is 15.8. The van der Waals surface area contributed by atoms with Crippen molar-refractivity contribution in [3.63, 3.8) is 0 Å². The maximum Gasteiger partial charge on any atom is 0.234 e. The van der Waals surface area contributed by atoms with Crippen LogP contribution in [0.4, 0.5) is 5.82 Å². The SMILES string of the molecule is CCCNC(=O)CN1CCC(Nc2cccc(C)n2)CC1. The van der Waals surface area contributed by atoms with Gasteiger partial charge in [-0.05, 0) is 38.3 Å². The van der Waals surface area contributed by atoms with Crippen LogP contribution in [-0.4, -0.2) is 48.0 Å². The number of anilines is 1. The molecule has 2 N–H and O–H groups in total. The number of carbonyl (C=O) groups excluding carboxylic acids is 1. The third-order valence-electron chi connectivity index (χ3n) is 3.77. The van der Waals surface area contributed by atoms with Crippen LogP contribution in [0.25, 0.3) is 0 Å². The fourth-order valence-corrected chi connectivity index (χ4v) is 2.59. The lowest BCUT2D eigenvalue weighted by Crippen LogP contribution is -2.44. The fourth-order valence-electron chi connectivity index (χ4n) is 2.59. The molecule has 1 aromatic rings. The summed E-state index contributed by atoms with van der Waals surface area (Å²) in [7, 11) is 0. The maximum atomic E-state index is 11.7. The van der Waals surface area contributed by atoms with Crippen LogP contribution < -0.4 is 10.6 Å². The first-order chi connectivity index (χ1) is 10.2. The number of pyridine rings is 1. The second-order valence-corrected chi connectivity index (χ2v) is 5.71. The monoisotopic (exact) mass is 290 g/mol. The topological polar surface area (TPSA) is 57.3 Å². The third-order valence-corrected chi connectivity index (χ3v) is 3.77. The Balaban J connectivity index is 1.72. The van der Waals surface area contributed by atoms with Crippen molar-refractivity contribution in [2.24, 2.45) is 0 Å². The van der Waals surface area contributed by atoms with Crippen molar-refractivity contribution in [1.29, 1.82) is 0 Å². The summed E-state index contributed by atoms with van der Waals surface area (Å²) in [6.07, 6.45) is 3.09. The smallest absolute Gasteiger partial charge is 0.234 e. The molecule has 21 heavy (non-hydrogen) atoms. The van der Waals surface area contributed by atoms with E-state index in [1.807, 2.05) is 25.1 Å². The number of rotatable bonds is 6. The number of piperidine rings is 1. The molecule has 2 rings (SSSR count). The van der Waals surface area contributed by atoms with E-state index in [4.69, 9.17) is 0 Å². The van der Waals surface area contributed by atoms with Gasteiger partial charge in [-0.3, -0.25) is 9.69 Å². The first-order valence-electron chi connectivity index (χ1n) is 7.86. The van der Waals surface area contributed by atoms with Gasteiger partial charge < -0.3 is 10.6 Å². The highest BCUT2D eigenvalue weighted by molar-refractivity contribution is 5.77. The molecule has 116 valence electrons. The van der Waals surface area contributed by atoms with E-state index < -0.39 is 0 Å². The molecule has 0 aromatic carbocycles. The van der Waals surface area contributed by atoms with Gasteiger partial charge in [0.25, 0.3) is 0 Å². The van der Waals surface area contributed by atoms with Gasteiger partial charge in [0.1, 0.15) is 5.82 Å².